The van der Waals surface area contributed by atoms with Gasteiger partial charge in [-0.05, 0) is 42.9 Å². The van der Waals surface area contributed by atoms with Crippen molar-refractivity contribution in [2.45, 2.75) is 39.2 Å². The second-order valence-electron chi connectivity index (χ2n) is 6.00. The molecule has 1 unspecified atom stereocenters. The lowest BCUT2D eigenvalue weighted by Crippen LogP contribution is -2.18. The highest BCUT2D eigenvalue weighted by molar-refractivity contribution is 5.77. The molecule has 3 rings (SSSR count). The maximum Gasteiger partial charge on any atom is 0.201 e. The Balaban J connectivity index is 1.79. The van der Waals surface area contributed by atoms with E-state index in [1.807, 2.05) is 0 Å². The van der Waals surface area contributed by atoms with Crippen LogP contribution in [0.4, 0.5) is 10.3 Å². The summed E-state index contributed by atoms with van der Waals surface area (Å²) in [4.78, 5) is 7.56. The molecule has 1 aliphatic rings. The highest BCUT2D eigenvalue weighted by Crippen LogP contribution is 2.38. The van der Waals surface area contributed by atoms with Crippen LogP contribution >= 0.6 is 0 Å². The predicted octanol–water partition coefficient (Wildman–Crippen LogP) is 3.69. The summed E-state index contributed by atoms with van der Waals surface area (Å²) < 4.78 is 13.1. The van der Waals surface area contributed by atoms with Crippen molar-refractivity contribution in [3.8, 4) is 0 Å². The Labute approximate surface area is 106 Å². The molecule has 3 nitrogen and oxygen atoms in total. The summed E-state index contributed by atoms with van der Waals surface area (Å²) in [5, 5.41) is 3.42. The van der Waals surface area contributed by atoms with Gasteiger partial charge in [-0.15, -0.1) is 0 Å². The van der Waals surface area contributed by atoms with Crippen LogP contribution < -0.4 is 5.32 Å². The number of fused-ring (bicyclic) bond motifs is 1. The van der Waals surface area contributed by atoms with Crippen molar-refractivity contribution < 1.29 is 4.39 Å². The van der Waals surface area contributed by atoms with Gasteiger partial charge in [0, 0.05) is 6.04 Å². The second-order valence-corrected chi connectivity index (χ2v) is 6.00. The van der Waals surface area contributed by atoms with Crippen molar-refractivity contribution in [2.24, 2.45) is 5.41 Å². The molecule has 1 aliphatic carbocycles. The van der Waals surface area contributed by atoms with Crippen LogP contribution in [0, 0.1) is 11.2 Å². The van der Waals surface area contributed by atoms with Crippen LogP contribution in [0.15, 0.2) is 18.2 Å². The number of rotatable bonds is 2. The number of benzene rings is 1. The lowest BCUT2D eigenvalue weighted by atomic mass is 9.92. The van der Waals surface area contributed by atoms with E-state index in [9.17, 15) is 4.39 Å². The van der Waals surface area contributed by atoms with Gasteiger partial charge >= 0.3 is 0 Å². The molecule has 2 N–H and O–H groups in total. The summed E-state index contributed by atoms with van der Waals surface area (Å²) in [5.74, 6) is 0.512. The number of H-pyrrole nitrogens is 1. The van der Waals surface area contributed by atoms with E-state index in [1.165, 1.54) is 25.0 Å². The zero-order valence-corrected chi connectivity index (χ0v) is 10.8. The van der Waals surface area contributed by atoms with E-state index in [1.54, 1.807) is 6.07 Å². The van der Waals surface area contributed by atoms with Crippen molar-refractivity contribution >= 4 is 17.0 Å². The van der Waals surface area contributed by atoms with Gasteiger partial charge in [-0.2, -0.15) is 0 Å². The molecule has 4 heteroatoms. The Morgan fingerprint density at radius 1 is 1.44 bits per heavy atom. The monoisotopic (exact) mass is 247 g/mol. The van der Waals surface area contributed by atoms with Gasteiger partial charge in [0.1, 0.15) is 5.82 Å². The molecule has 1 saturated carbocycles. The Morgan fingerprint density at radius 2 is 2.28 bits per heavy atom. The molecular formula is C14H18FN3. The zero-order chi connectivity index (χ0) is 12.8. The first kappa shape index (κ1) is 11.5. The highest BCUT2D eigenvalue weighted by Gasteiger charge is 2.31. The molecule has 0 aliphatic heterocycles. The average molecular weight is 247 g/mol. The van der Waals surface area contributed by atoms with Crippen molar-refractivity contribution in [3.63, 3.8) is 0 Å². The molecule has 1 heterocycles. The summed E-state index contributed by atoms with van der Waals surface area (Å²) in [7, 11) is 0. The highest BCUT2D eigenvalue weighted by atomic mass is 19.1. The normalized spacial score (nSPS) is 22.5. The number of nitrogens with one attached hydrogen (secondary N) is 2. The summed E-state index contributed by atoms with van der Waals surface area (Å²) in [5.41, 5.74) is 1.96. The smallest absolute Gasteiger partial charge is 0.201 e. The maximum atomic E-state index is 13.1. The average Bonchev–Trinajstić information content (AvgIpc) is 2.81. The predicted molar refractivity (Wildman–Crippen MR) is 71.1 cm³/mol. The van der Waals surface area contributed by atoms with Crippen molar-refractivity contribution in [1.29, 1.82) is 0 Å². The number of aromatic nitrogens is 2. The summed E-state index contributed by atoms with van der Waals surface area (Å²) in [6, 6.07) is 5.08. The third kappa shape index (κ3) is 2.19. The van der Waals surface area contributed by atoms with Crippen LogP contribution in [-0.4, -0.2) is 16.0 Å². The molecule has 1 aromatic carbocycles. The molecule has 1 aromatic heterocycles. The molecule has 0 spiro atoms. The number of imidazole rings is 1. The fourth-order valence-electron chi connectivity index (χ4n) is 2.80. The molecule has 0 amide bonds. The summed E-state index contributed by atoms with van der Waals surface area (Å²) in [6.07, 6.45) is 3.55. The molecule has 0 saturated heterocycles. The maximum absolute atomic E-state index is 13.1. The third-order valence-electron chi connectivity index (χ3n) is 3.75. The van der Waals surface area contributed by atoms with E-state index in [4.69, 9.17) is 0 Å². The molecule has 96 valence electrons. The van der Waals surface area contributed by atoms with E-state index in [0.717, 1.165) is 23.4 Å². The van der Waals surface area contributed by atoms with Crippen molar-refractivity contribution in [3.05, 3.63) is 24.0 Å². The minimum absolute atomic E-state index is 0.236. The number of halogens is 1. The number of hydrogen-bond acceptors (Lipinski definition) is 2. The molecule has 1 fully saturated rings. The van der Waals surface area contributed by atoms with Crippen LogP contribution in [-0.2, 0) is 0 Å². The molecule has 18 heavy (non-hydrogen) atoms. The van der Waals surface area contributed by atoms with E-state index in [2.05, 4.69) is 29.1 Å². The van der Waals surface area contributed by atoms with E-state index < -0.39 is 0 Å². The Bertz CT molecular complexity index is 573. The van der Waals surface area contributed by atoms with Gasteiger partial charge in [-0.25, -0.2) is 9.37 Å². The van der Waals surface area contributed by atoms with Crippen LogP contribution in [0.5, 0.6) is 0 Å². The molecule has 1 atom stereocenters. The van der Waals surface area contributed by atoms with Gasteiger partial charge in [-0.1, -0.05) is 13.8 Å². The number of nitrogens with zero attached hydrogens (tertiary/aromatic N) is 1. The quantitative estimate of drug-likeness (QED) is 0.849. The summed E-state index contributed by atoms with van der Waals surface area (Å²) in [6.45, 7) is 4.59. The SMILES string of the molecule is CC1(C)CCC(Nc2nc3ccc(F)cc3[nH]2)C1. The van der Waals surface area contributed by atoms with Gasteiger partial charge in [-0.3, -0.25) is 0 Å². The minimum Gasteiger partial charge on any atom is -0.353 e. The summed E-state index contributed by atoms with van der Waals surface area (Å²) >= 11 is 0. The van der Waals surface area contributed by atoms with Gasteiger partial charge < -0.3 is 10.3 Å². The number of aromatic amines is 1. The molecule has 2 aromatic rings. The molecule has 0 radical (unpaired) electrons. The third-order valence-corrected chi connectivity index (χ3v) is 3.75. The zero-order valence-electron chi connectivity index (χ0n) is 10.8. The minimum atomic E-state index is -0.236. The van der Waals surface area contributed by atoms with Gasteiger partial charge in [0.15, 0.2) is 0 Å². The fraction of sp³-hybridized carbons (Fsp3) is 0.500. The van der Waals surface area contributed by atoms with Crippen LogP contribution in [0.2, 0.25) is 0 Å². The van der Waals surface area contributed by atoms with Crippen molar-refractivity contribution in [1.82, 2.24) is 9.97 Å². The van der Waals surface area contributed by atoms with Gasteiger partial charge in [0.25, 0.3) is 0 Å². The standard InChI is InChI=1S/C14H18FN3/c1-14(2)6-5-10(8-14)16-13-17-11-4-3-9(15)7-12(11)18-13/h3-4,7,10H,5-6,8H2,1-2H3,(H2,16,17,18). The molecule has 0 bridgehead atoms. The van der Waals surface area contributed by atoms with Crippen LogP contribution in [0.1, 0.15) is 33.1 Å². The number of hydrogen-bond donors (Lipinski definition) is 2. The number of anilines is 1. The first-order valence-electron chi connectivity index (χ1n) is 6.44. The topological polar surface area (TPSA) is 40.7 Å². The van der Waals surface area contributed by atoms with Crippen LogP contribution in [0.25, 0.3) is 11.0 Å². The van der Waals surface area contributed by atoms with Gasteiger partial charge in [0.2, 0.25) is 5.95 Å². The first-order chi connectivity index (χ1) is 8.52. The van der Waals surface area contributed by atoms with E-state index in [-0.39, 0.29) is 5.82 Å². The first-order valence-corrected chi connectivity index (χ1v) is 6.44. The second kappa shape index (κ2) is 3.97. The van der Waals surface area contributed by atoms with Crippen LogP contribution in [0.3, 0.4) is 0 Å². The lowest BCUT2D eigenvalue weighted by Gasteiger charge is -2.17. The van der Waals surface area contributed by atoms with E-state index >= 15 is 0 Å². The van der Waals surface area contributed by atoms with Crippen molar-refractivity contribution in [2.75, 3.05) is 5.32 Å². The molecular weight excluding hydrogens is 229 g/mol. The van der Waals surface area contributed by atoms with Gasteiger partial charge in [0.05, 0.1) is 11.0 Å². The fourth-order valence-corrected chi connectivity index (χ4v) is 2.80. The largest absolute Gasteiger partial charge is 0.353 e. The lowest BCUT2D eigenvalue weighted by molar-refractivity contribution is 0.378. The van der Waals surface area contributed by atoms with E-state index in [0.29, 0.717) is 11.5 Å². The Morgan fingerprint density at radius 3 is 3.00 bits per heavy atom. The Kier molecular flexibility index (Phi) is 2.54. The Hall–Kier alpha value is -1.58.